The number of hydrogen-bond acceptors (Lipinski definition) is 2. The van der Waals surface area contributed by atoms with Crippen LogP contribution in [0.4, 0.5) is 5.69 Å². The summed E-state index contributed by atoms with van der Waals surface area (Å²) in [6.45, 7) is 0.464. The van der Waals surface area contributed by atoms with Crippen molar-refractivity contribution in [2.24, 2.45) is 5.41 Å². The second-order valence-electron chi connectivity index (χ2n) is 5.22. The predicted molar refractivity (Wildman–Crippen MR) is 71.1 cm³/mol. The normalized spacial score (nSPS) is 21.7. The van der Waals surface area contributed by atoms with Gasteiger partial charge in [-0.05, 0) is 25.0 Å². The Bertz CT molecular complexity index is 481. The topological polar surface area (TPSA) is 38.3 Å². The van der Waals surface area contributed by atoms with Crippen LogP contribution in [-0.2, 0) is 4.79 Å². The highest BCUT2D eigenvalue weighted by atomic mass is 35.5. The maximum absolute atomic E-state index is 12.4. The Hall–Kier alpha value is -1.22. The first-order valence-electron chi connectivity index (χ1n) is 6.43. The van der Waals surface area contributed by atoms with Crippen molar-refractivity contribution in [3.8, 4) is 5.75 Å². The molecule has 1 spiro atoms. The van der Waals surface area contributed by atoms with E-state index in [-0.39, 0.29) is 11.3 Å². The number of rotatable bonds is 0. The first-order chi connectivity index (χ1) is 8.70. The summed E-state index contributed by atoms with van der Waals surface area (Å²) < 4.78 is 5.83. The van der Waals surface area contributed by atoms with Crippen LogP contribution in [0.2, 0.25) is 5.02 Å². The molecule has 18 heavy (non-hydrogen) atoms. The van der Waals surface area contributed by atoms with Gasteiger partial charge in [0.1, 0.15) is 12.4 Å². The third-order valence-electron chi connectivity index (χ3n) is 3.99. The summed E-state index contributed by atoms with van der Waals surface area (Å²) in [5, 5.41) is 3.61. The van der Waals surface area contributed by atoms with E-state index in [1.165, 1.54) is 6.42 Å². The molecule has 3 rings (SSSR count). The molecule has 2 aliphatic rings. The number of ether oxygens (including phenoxy) is 1. The Morgan fingerprint density at radius 2 is 2.00 bits per heavy atom. The summed E-state index contributed by atoms with van der Waals surface area (Å²) in [5.74, 6) is 0.779. The number of carbonyl (C=O) groups is 1. The van der Waals surface area contributed by atoms with Crippen molar-refractivity contribution in [1.82, 2.24) is 0 Å². The van der Waals surface area contributed by atoms with Crippen molar-refractivity contribution in [1.29, 1.82) is 0 Å². The molecule has 0 bridgehead atoms. The van der Waals surface area contributed by atoms with Gasteiger partial charge in [-0.15, -0.1) is 0 Å². The summed E-state index contributed by atoms with van der Waals surface area (Å²) >= 11 is 5.95. The Morgan fingerprint density at radius 3 is 2.78 bits per heavy atom. The Labute approximate surface area is 111 Å². The van der Waals surface area contributed by atoms with Crippen molar-refractivity contribution in [2.75, 3.05) is 11.9 Å². The van der Waals surface area contributed by atoms with Gasteiger partial charge in [-0.25, -0.2) is 0 Å². The second kappa shape index (κ2) is 4.47. The fraction of sp³-hybridized carbons (Fsp3) is 0.500. The summed E-state index contributed by atoms with van der Waals surface area (Å²) in [5.41, 5.74) is 0.385. The Morgan fingerprint density at radius 1 is 1.22 bits per heavy atom. The first-order valence-corrected chi connectivity index (χ1v) is 6.81. The van der Waals surface area contributed by atoms with E-state index in [0.29, 0.717) is 17.4 Å². The Kier molecular flexibility index (Phi) is 2.94. The highest BCUT2D eigenvalue weighted by Gasteiger charge is 2.42. The molecule has 1 heterocycles. The molecule has 0 atom stereocenters. The fourth-order valence-corrected chi connectivity index (χ4v) is 3.02. The van der Waals surface area contributed by atoms with E-state index < -0.39 is 0 Å². The van der Waals surface area contributed by atoms with Crippen LogP contribution in [0.5, 0.6) is 5.75 Å². The summed E-state index contributed by atoms with van der Waals surface area (Å²) in [6.07, 6.45) is 5.26. The van der Waals surface area contributed by atoms with Crippen LogP contribution in [0.1, 0.15) is 32.1 Å². The zero-order valence-corrected chi connectivity index (χ0v) is 10.9. The van der Waals surface area contributed by atoms with E-state index in [1.807, 2.05) is 0 Å². The van der Waals surface area contributed by atoms with Gasteiger partial charge in [0, 0.05) is 11.1 Å². The Balaban J connectivity index is 1.92. The lowest BCUT2D eigenvalue weighted by Crippen LogP contribution is -2.41. The molecule has 96 valence electrons. The molecular formula is C14H16ClNO2. The van der Waals surface area contributed by atoms with E-state index in [1.54, 1.807) is 18.2 Å². The molecule has 1 aliphatic carbocycles. The lowest BCUT2D eigenvalue weighted by molar-refractivity contribution is -0.128. The van der Waals surface area contributed by atoms with Gasteiger partial charge in [-0.3, -0.25) is 4.79 Å². The van der Waals surface area contributed by atoms with Crippen molar-refractivity contribution in [2.45, 2.75) is 32.1 Å². The molecular weight excluding hydrogens is 250 g/mol. The van der Waals surface area contributed by atoms with E-state index in [2.05, 4.69) is 5.32 Å². The van der Waals surface area contributed by atoms with Crippen molar-refractivity contribution < 1.29 is 9.53 Å². The standard InChI is InChI=1S/C14H16ClNO2/c15-10-4-5-11-12(8-10)18-9-14(13(17)16-11)6-2-1-3-7-14/h4-5,8H,1-3,6-7,9H2,(H,16,17). The van der Waals surface area contributed by atoms with Crippen molar-refractivity contribution in [3.63, 3.8) is 0 Å². The number of amides is 1. The zero-order chi connectivity index (χ0) is 12.6. The number of nitrogens with one attached hydrogen (secondary N) is 1. The smallest absolute Gasteiger partial charge is 0.234 e. The highest BCUT2D eigenvalue weighted by Crippen LogP contribution is 2.42. The molecule has 0 radical (unpaired) electrons. The SMILES string of the molecule is O=C1Nc2ccc(Cl)cc2OCC12CCCCC2. The second-order valence-corrected chi connectivity index (χ2v) is 5.66. The molecule has 1 saturated carbocycles. The number of hydrogen-bond donors (Lipinski definition) is 1. The number of carbonyl (C=O) groups excluding carboxylic acids is 1. The number of fused-ring (bicyclic) bond motifs is 1. The molecule has 0 unspecified atom stereocenters. The molecule has 4 heteroatoms. The van der Waals surface area contributed by atoms with Gasteiger partial charge in [-0.1, -0.05) is 30.9 Å². The van der Waals surface area contributed by atoms with Crippen LogP contribution in [0.3, 0.4) is 0 Å². The third-order valence-corrected chi connectivity index (χ3v) is 4.22. The van der Waals surface area contributed by atoms with Gasteiger partial charge < -0.3 is 10.1 Å². The lowest BCUT2D eigenvalue weighted by atomic mass is 9.74. The average molecular weight is 266 g/mol. The molecule has 0 aromatic heterocycles. The fourth-order valence-electron chi connectivity index (χ4n) is 2.86. The largest absolute Gasteiger partial charge is 0.490 e. The molecule has 3 nitrogen and oxygen atoms in total. The van der Waals surface area contributed by atoms with Crippen LogP contribution < -0.4 is 10.1 Å². The minimum atomic E-state index is -0.344. The van der Waals surface area contributed by atoms with Crippen LogP contribution in [-0.4, -0.2) is 12.5 Å². The van der Waals surface area contributed by atoms with E-state index in [0.717, 1.165) is 31.4 Å². The molecule has 1 aromatic carbocycles. The summed E-state index contributed by atoms with van der Waals surface area (Å²) in [4.78, 5) is 12.4. The van der Waals surface area contributed by atoms with Gasteiger partial charge in [0.25, 0.3) is 0 Å². The molecule has 1 fully saturated rings. The zero-order valence-electron chi connectivity index (χ0n) is 10.2. The average Bonchev–Trinajstić information content (AvgIpc) is 2.51. The highest BCUT2D eigenvalue weighted by molar-refractivity contribution is 6.30. The monoisotopic (exact) mass is 265 g/mol. The first kappa shape index (κ1) is 11.8. The van der Waals surface area contributed by atoms with Gasteiger partial charge in [-0.2, -0.15) is 0 Å². The lowest BCUT2D eigenvalue weighted by Gasteiger charge is -2.33. The molecule has 1 aliphatic heterocycles. The van der Waals surface area contributed by atoms with Gasteiger partial charge >= 0.3 is 0 Å². The van der Waals surface area contributed by atoms with E-state index in [9.17, 15) is 4.79 Å². The molecule has 0 saturated heterocycles. The van der Waals surface area contributed by atoms with Gasteiger partial charge in [0.2, 0.25) is 5.91 Å². The van der Waals surface area contributed by atoms with E-state index in [4.69, 9.17) is 16.3 Å². The minimum Gasteiger partial charge on any atom is -0.490 e. The third kappa shape index (κ3) is 1.97. The molecule has 1 aromatic rings. The minimum absolute atomic E-state index is 0.100. The van der Waals surface area contributed by atoms with Crippen LogP contribution >= 0.6 is 11.6 Å². The quantitative estimate of drug-likeness (QED) is 0.778. The molecule has 1 amide bonds. The maximum Gasteiger partial charge on any atom is 0.234 e. The number of halogens is 1. The van der Waals surface area contributed by atoms with Gasteiger partial charge in [0.15, 0.2) is 0 Å². The number of anilines is 1. The maximum atomic E-state index is 12.4. The summed E-state index contributed by atoms with van der Waals surface area (Å²) in [6, 6.07) is 5.33. The predicted octanol–water partition coefficient (Wildman–Crippen LogP) is 3.62. The van der Waals surface area contributed by atoms with Crippen LogP contribution in [0.15, 0.2) is 18.2 Å². The van der Waals surface area contributed by atoms with Gasteiger partial charge in [0.05, 0.1) is 11.1 Å². The number of benzene rings is 1. The van der Waals surface area contributed by atoms with Crippen molar-refractivity contribution in [3.05, 3.63) is 23.2 Å². The molecule has 1 N–H and O–H groups in total. The van der Waals surface area contributed by atoms with Crippen LogP contribution in [0.25, 0.3) is 0 Å². The summed E-state index contributed by atoms with van der Waals surface area (Å²) in [7, 11) is 0. The van der Waals surface area contributed by atoms with Crippen molar-refractivity contribution >= 4 is 23.2 Å². The van der Waals surface area contributed by atoms with E-state index >= 15 is 0 Å². The van der Waals surface area contributed by atoms with Crippen LogP contribution in [0, 0.1) is 5.41 Å².